The second-order valence-electron chi connectivity index (χ2n) is 5.25. The molecule has 21 heavy (non-hydrogen) atoms. The van der Waals surface area contributed by atoms with Gasteiger partial charge in [0.1, 0.15) is 11.9 Å². The van der Waals surface area contributed by atoms with Gasteiger partial charge < -0.3 is 19.7 Å². The molecule has 110 valence electrons. The van der Waals surface area contributed by atoms with E-state index in [2.05, 4.69) is 0 Å². The molecule has 3 rings (SSSR count). The number of aryl methyl sites for hydroxylation is 1. The maximum atomic E-state index is 9.79. The summed E-state index contributed by atoms with van der Waals surface area (Å²) in [4.78, 5) is 0. The molecule has 1 aliphatic rings. The first-order valence-electron chi connectivity index (χ1n) is 6.89. The molecule has 0 bridgehead atoms. The summed E-state index contributed by atoms with van der Waals surface area (Å²) >= 11 is 0. The van der Waals surface area contributed by atoms with Crippen molar-refractivity contribution in [3.05, 3.63) is 53.1 Å². The monoisotopic (exact) mass is 286 g/mol. The van der Waals surface area contributed by atoms with E-state index in [0.717, 1.165) is 22.4 Å². The summed E-state index contributed by atoms with van der Waals surface area (Å²) in [6, 6.07) is 11.0. The minimum atomic E-state index is -0.277. The van der Waals surface area contributed by atoms with Crippen molar-refractivity contribution < 1.29 is 19.7 Å². The Balaban J connectivity index is 2.03. The second-order valence-corrected chi connectivity index (χ2v) is 5.25. The predicted molar refractivity (Wildman–Crippen MR) is 79.0 cm³/mol. The average molecular weight is 286 g/mol. The summed E-state index contributed by atoms with van der Waals surface area (Å²) in [7, 11) is 1.51. The SMILES string of the molecule is COc1cc([C@@H]2Oc3cccc(C)c3[C@H]2CO)ccc1O. The van der Waals surface area contributed by atoms with Crippen LogP contribution in [0.3, 0.4) is 0 Å². The van der Waals surface area contributed by atoms with Gasteiger partial charge in [0.05, 0.1) is 19.6 Å². The zero-order valence-corrected chi connectivity index (χ0v) is 12.0. The van der Waals surface area contributed by atoms with Crippen LogP contribution in [0, 0.1) is 6.92 Å². The average Bonchev–Trinajstić information content (AvgIpc) is 2.87. The fourth-order valence-electron chi connectivity index (χ4n) is 2.96. The highest BCUT2D eigenvalue weighted by Gasteiger charge is 2.36. The number of hydrogen-bond donors (Lipinski definition) is 2. The molecule has 2 N–H and O–H groups in total. The van der Waals surface area contributed by atoms with Crippen LogP contribution in [0.1, 0.15) is 28.7 Å². The quantitative estimate of drug-likeness (QED) is 0.911. The number of methoxy groups -OCH3 is 1. The van der Waals surface area contributed by atoms with Gasteiger partial charge in [-0.1, -0.05) is 18.2 Å². The van der Waals surface area contributed by atoms with Crippen LogP contribution in [0.2, 0.25) is 0 Å². The van der Waals surface area contributed by atoms with Crippen molar-refractivity contribution >= 4 is 0 Å². The Morgan fingerprint density at radius 2 is 2.05 bits per heavy atom. The fourth-order valence-corrected chi connectivity index (χ4v) is 2.96. The van der Waals surface area contributed by atoms with Crippen LogP contribution in [-0.2, 0) is 0 Å². The van der Waals surface area contributed by atoms with Gasteiger partial charge in [0.15, 0.2) is 11.5 Å². The number of hydrogen-bond acceptors (Lipinski definition) is 4. The summed E-state index contributed by atoms with van der Waals surface area (Å²) in [5.41, 5.74) is 3.04. The van der Waals surface area contributed by atoms with Gasteiger partial charge in [-0.15, -0.1) is 0 Å². The lowest BCUT2D eigenvalue weighted by Crippen LogP contribution is -2.13. The van der Waals surface area contributed by atoms with E-state index in [1.807, 2.05) is 25.1 Å². The van der Waals surface area contributed by atoms with Crippen LogP contribution in [0.15, 0.2) is 36.4 Å². The summed E-state index contributed by atoms with van der Waals surface area (Å²) in [5.74, 6) is 1.19. The molecule has 0 amide bonds. The summed E-state index contributed by atoms with van der Waals surface area (Å²) in [5, 5.41) is 19.5. The van der Waals surface area contributed by atoms with Crippen LogP contribution in [0.4, 0.5) is 0 Å². The number of aliphatic hydroxyl groups excluding tert-OH is 1. The first-order chi connectivity index (χ1) is 10.2. The smallest absolute Gasteiger partial charge is 0.160 e. The van der Waals surface area contributed by atoms with E-state index in [9.17, 15) is 10.2 Å². The third-order valence-electron chi connectivity index (χ3n) is 4.00. The largest absolute Gasteiger partial charge is 0.504 e. The van der Waals surface area contributed by atoms with Crippen molar-refractivity contribution in [1.82, 2.24) is 0 Å². The number of phenols is 1. The molecular formula is C17H18O4. The molecule has 0 saturated carbocycles. The Bertz CT molecular complexity index is 666. The van der Waals surface area contributed by atoms with Crippen LogP contribution in [-0.4, -0.2) is 23.9 Å². The van der Waals surface area contributed by atoms with Crippen LogP contribution in [0.25, 0.3) is 0 Å². The number of aliphatic hydroxyl groups is 1. The lowest BCUT2D eigenvalue weighted by Gasteiger charge is -2.19. The number of rotatable bonds is 3. The Kier molecular flexibility index (Phi) is 3.47. The van der Waals surface area contributed by atoms with Crippen molar-refractivity contribution in [3.63, 3.8) is 0 Å². The number of benzene rings is 2. The molecule has 2 aromatic rings. The van der Waals surface area contributed by atoms with Crippen molar-refractivity contribution in [1.29, 1.82) is 0 Å². The van der Waals surface area contributed by atoms with Gasteiger partial charge in [0.25, 0.3) is 0 Å². The molecule has 4 heteroatoms. The predicted octanol–water partition coefficient (Wildman–Crippen LogP) is 2.92. The Morgan fingerprint density at radius 1 is 1.24 bits per heavy atom. The van der Waals surface area contributed by atoms with E-state index in [1.54, 1.807) is 18.2 Å². The van der Waals surface area contributed by atoms with E-state index in [1.165, 1.54) is 7.11 Å². The topological polar surface area (TPSA) is 58.9 Å². The maximum absolute atomic E-state index is 9.79. The van der Waals surface area contributed by atoms with Crippen molar-refractivity contribution in [3.8, 4) is 17.2 Å². The molecule has 4 nitrogen and oxygen atoms in total. The van der Waals surface area contributed by atoms with E-state index < -0.39 is 0 Å². The van der Waals surface area contributed by atoms with Gasteiger partial charge in [-0.3, -0.25) is 0 Å². The number of fused-ring (bicyclic) bond motifs is 1. The molecule has 2 atom stereocenters. The minimum Gasteiger partial charge on any atom is -0.504 e. The molecule has 1 aliphatic heterocycles. The number of ether oxygens (including phenoxy) is 2. The molecule has 0 spiro atoms. The number of aromatic hydroxyl groups is 1. The Morgan fingerprint density at radius 3 is 2.76 bits per heavy atom. The summed E-state index contributed by atoms with van der Waals surface area (Å²) in [6.45, 7) is 2.02. The number of phenolic OH excluding ortho intramolecular Hbond substituents is 1. The zero-order valence-electron chi connectivity index (χ0n) is 12.0. The van der Waals surface area contributed by atoms with Gasteiger partial charge in [-0.05, 0) is 36.2 Å². The van der Waals surface area contributed by atoms with E-state index in [-0.39, 0.29) is 24.4 Å². The molecule has 0 fully saturated rings. The first kappa shape index (κ1) is 13.8. The molecule has 0 unspecified atom stereocenters. The molecule has 0 saturated heterocycles. The molecular weight excluding hydrogens is 268 g/mol. The highest BCUT2D eigenvalue weighted by molar-refractivity contribution is 5.50. The van der Waals surface area contributed by atoms with E-state index >= 15 is 0 Å². The lowest BCUT2D eigenvalue weighted by atomic mass is 9.89. The third-order valence-corrected chi connectivity index (χ3v) is 4.00. The lowest BCUT2D eigenvalue weighted by molar-refractivity contribution is 0.159. The Labute approximate surface area is 123 Å². The summed E-state index contributed by atoms with van der Waals surface area (Å²) in [6.07, 6.45) is -0.277. The van der Waals surface area contributed by atoms with Gasteiger partial charge in [0, 0.05) is 5.56 Å². The van der Waals surface area contributed by atoms with E-state index in [4.69, 9.17) is 9.47 Å². The van der Waals surface area contributed by atoms with Gasteiger partial charge >= 0.3 is 0 Å². The van der Waals surface area contributed by atoms with E-state index in [0.29, 0.717) is 5.75 Å². The maximum Gasteiger partial charge on any atom is 0.160 e. The van der Waals surface area contributed by atoms with Crippen LogP contribution < -0.4 is 9.47 Å². The molecule has 1 heterocycles. The normalized spacial score (nSPS) is 20.0. The third kappa shape index (κ3) is 2.21. The second kappa shape index (κ2) is 5.30. The molecule has 0 aliphatic carbocycles. The highest BCUT2D eigenvalue weighted by Crippen LogP contribution is 2.48. The summed E-state index contributed by atoms with van der Waals surface area (Å²) < 4.78 is 11.2. The zero-order chi connectivity index (χ0) is 15.0. The van der Waals surface area contributed by atoms with Crippen LogP contribution >= 0.6 is 0 Å². The molecule has 2 aromatic carbocycles. The van der Waals surface area contributed by atoms with Gasteiger partial charge in [0.2, 0.25) is 0 Å². The molecule has 0 aromatic heterocycles. The van der Waals surface area contributed by atoms with Crippen molar-refractivity contribution in [2.24, 2.45) is 0 Å². The van der Waals surface area contributed by atoms with Crippen LogP contribution in [0.5, 0.6) is 17.2 Å². The van der Waals surface area contributed by atoms with Crippen molar-refractivity contribution in [2.75, 3.05) is 13.7 Å². The molecule has 0 radical (unpaired) electrons. The Hall–Kier alpha value is -2.20. The first-order valence-corrected chi connectivity index (χ1v) is 6.89. The fraction of sp³-hybridized carbons (Fsp3) is 0.294. The highest BCUT2D eigenvalue weighted by atomic mass is 16.5. The van der Waals surface area contributed by atoms with Gasteiger partial charge in [-0.2, -0.15) is 0 Å². The van der Waals surface area contributed by atoms with Crippen molar-refractivity contribution in [2.45, 2.75) is 18.9 Å². The minimum absolute atomic E-state index is 0.00567. The standard InChI is InChI=1S/C17H18O4/c1-10-4-3-5-14-16(10)12(9-18)17(21-14)11-6-7-13(19)15(8-11)20-2/h3-8,12,17-19H,9H2,1-2H3/t12-,17+/m1/s1. The van der Waals surface area contributed by atoms with Gasteiger partial charge in [-0.25, -0.2) is 0 Å².